The summed E-state index contributed by atoms with van der Waals surface area (Å²) in [5.74, 6) is 0.358. The van der Waals surface area contributed by atoms with Crippen LogP contribution in [-0.2, 0) is 6.18 Å². The molecule has 0 bridgehead atoms. The molecule has 21 heavy (non-hydrogen) atoms. The van der Waals surface area contributed by atoms with Crippen LogP contribution in [0.15, 0.2) is 12.1 Å². The van der Waals surface area contributed by atoms with E-state index < -0.39 is 17.8 Å². The van der Waals surface area contributed by atoms with Crippen LogP contribution in [0.5, 0.6) is 0 Å². The lowest BCUT2D eigenvalue weighted by Crippen LogP contribution is -2.15. The molecule has 1 unspecified atom stereocenters. The molecule has 1 rings (SSSR count). The summed E-state index contributed by atoms with van der Waals surface area (Å²) in [6, 6.07) is 1.98. The second-order valence-electron chi connectivity index (χ2n) is 4.83. The molecule has 0 fully saturated rings. The van der Waals surface area contributed by atoms with Crippen molar-refractivity contribution in [3.05, 3.63) is 17.7 Å². The molecule has 0 spiro atoms. The standard InChI is InChI=1S/C14H22F3N3O/c1-3-6-18-12-8-10(14(15,16)17)9-13(20-12)19-7-5-11(21)4-2/h8-9,11,21H,3-7H2,1-2H3,(H2,18,19,20). The molecule has 1 aromatic heterocycles. The fraction of sp³-hybridized carbons (Fsp3) is 0.643. The largest absolute Gasteiger partial charge is 0.416 e. The van der Waals surface area contributed by atoms with Crippen LogP contribution in [0.1, 0.15) is 38.7 Å². The molecule has 4 nitrogen and oxygen atoms in total. The number of nitrogens with one attached hydrogen (secondary N) is 2. The molecule has 0 aliphatic heterocycles. The number of aromatic nitrogens is 1. The van der Waals surface area contributed by atoms with E-state index in [2.05, 4.69) is 15.6 Å². The van der Waals surface area contributed by atoms with E-state index in [1.165, 1.54) is 0 Å². The van der Waals surface area contributed by atoms with Gasteiger partial charge in [0, 0.05) is 13.1 Å². The van der Waals surface area contributed by atoms with Gasteiger partial charge in [0.2, 0.25) is 0 Å². The van der Waals surface area contributed by atoms with Gasteiger partial charge in [-0.15, -0.1) is 0 Å². The third-order valence-corrected chi connectivity index (χ3v) is 2.96. The van der Waals surface area contributed by atoms with E-state index in [9.17, 15) is 18.3 Å². The van der Waals surface area contributed by atoms with Crippen molar-refractivity contribution in [2.75, 3.05) is 23.7 Å². The normalized spacial score (nSPS) is 13.0. The van der Waals surface area contributed by atoms with Crippen molar-refractivity contribution in [2.24, 2.45) is 0 Å². The van der Waals surface area contributed by atoms with Crippen LogP contribution in [0, 0.1) is 0 Å². The van der Waals surface area contributed by atoms with Crippen molar-refractivity contribution >= 4 is 11.6 Å². The zero-order valence-corrected chi connectivity index (χ0v) is 12.3. The Bertz CT molecular complexity index is 438. The topological polar surface area (TPSA) is 57.2 Å². The Morgan fingerprint density at radius 1 is 1.14 bits per heavy atom. The summed E-state index contributed by atoms with van der Waals surface area (Å²) in [6.45, 7) is 4.70. The first-order valence-electron chi connectivity index (χ1n) is 7.11. The molecule has 0 radical (unpaired) electrons. The highest BCUT2D eigenvalue weighted by Gasteiger charge is 2.31. The smallest absolute Gasteiger partial charge is 0.393 e. The molecular formula is C14H22F3N3O. The number of pyridine rings is 1. The third-order valence-electron chi connectivity index (χ3n) is 2.96. The molecule has 0 aliphatic rings. The molecule has 0 aliphatic carbocycles. The van der Waals surface area contributed by atoms with Crippen LogP contribution in [0.4, 0.5) is 24.8 Å². The van der Waals surface area contributed by atoms with Crippen molar-refractivity contribution in [3.8, 4) is 0 Å². The second-order valence-corrected chi connectivity index (χ2v) is 4.83. The summed E-state index contributed by atoms with van der Waals surface area (Å²) in [4.78, 5) is 4.10. The SMILES string of the molecule is CCCNc1cc(C(F)(F)F)cc(NCCC(O)CC)n1. The van der Waals surface area contributed by atoms with E-state index in [1.807, 2.05) is 13.8 Å². The average Bonchev–Trinajstić information content (AvgIpc) is 2.43. The molecular weight excluding hydrogens is 283 g/mol. The van der Waals surface area contributed by atoms with Gasteiger partial charge in [0.15, 0.2) is 0 Å². The van der Waals surface area contributed by atoms with E-state index in [-0.39, 0.29) is 11.6 Å². The van der Waals surface area contributed by atoms with Gasteiger partial charge in [-0.2, -0.15) is 13.2 Å². The predicted molar refractivity (Wildman–Crippen MR) is 77.4 cm³/mol. The fourth-order valence-corrected chi connectivity index (χ4v) is 1.70. The van der Waals surface area contributed by atoms with Crippen LogP contribution in [0.25, 0.3) is 0 Å². The first kappa shape index (κ1) is 17.6. The Labute approximate surface area is 122 Å². The van der Waals surface area contributed by atoms with Crippen LogP contribution in [0.2, 0.25) is 0 Å². The Morgan fingerprint density at radius 2 is 1.71 bits per heavy atom. The summed E-state index contributed by atoms with van der Waals surface area (Å²) in [7, 11) is 0. The number of alkyl halides is 3. The highest BCUT2D eigenvalue weighted by Crippen LogP contribution is 2.32. The maximum absolute atomic E-state index is 12.9. The number of hydrogen-bond donors (Lipinski definition) is 3. The van der Waals surface area contributed by atoms with Gasteiger partial charge in [-0.1, -0.05) is 13.8 Å². The van der Waals surface area contributed by atoms with E-state index >= 15 is 0 Å². The van der Waals surface area contributed by atoms with Gasteiger partial charge in [0.25, 0.3) is 0 Å². The number of aliphatic hydroxyl groups is 1. The van der Waals surface area contributed by atoms with Gasteiger partial charge in [0.1, 0.15) is 11.6 Å². The third kappa shape index (κ3) is 6.20. The van der Waals surface area contributed by atoms with Crippen LogP contribution >= 0.6 is 0 Å². The number of hydrogen-bond acceptors (Lipinski definition) is 4. The molecule has 120 valence electrons. The Balaban J connectivity index is 2.81. The van der Waals surface area contributed by atoms with Crippen molar-refractivity contribution in [3.63, 3.8) is 0 Å². The van der Waals surface area contributed by atoms with E-state index in [0.29, 0.717) is 25.9 Å². The maximum Gasteiger partial charge on any atom is 0.416 e. The lowest BCUT2D eigenvalue weighted by atomic mass is 10.2. The van der Waals surface area contributed by atoms with E-state index in [1.54, 1.807) is 0 Å². The Hall–Kier alpha value is -1.50. The molecule has 0 aromatic carbocycles. The second kappa shape index (κ2) is 8.07. The summed E-state index contributed by atoms with van der Waals surface area (Å²) in [5.41, 5.74) is -0.741. The zero-order chi connectivity index (χ0) is 15.9. The summed E-state index contributed by atoms with van der Waals surface area (Å²) in [6.07, 6.45) is -3.00. The summed E-state index contributed by atoms with van der Waals surface area (Å²) < 4.78 is 38.6. The zero-order valence-electron chi connectivity index (χ0n) is 12.3. The molecule has 0 saturated carbocycles. The number of aliphatic hydroxyl groups excluding tert-OH is 1. The van der Waals surface area contributed by atoms with Gasteiger partial charge in [0.05, 0.1) is 11.7 Å². The number of rotatable bonds is 8. The lowest BCUT2D eigenvalue weighted by Gasteiger charge is -2.14. The molecule has 1 aromatic rings. The molecule has 1 atom stereocenters. The highest BCUT2D eigenvalue weighted by atomic mass is 19.4. The number of halogens is 3. The summed E-state index contributed by atoms with van der Waals surface area (Å²) >= 11 is 0. The Morgan fingerprint density at radius 3 is 2.19 bits per heavy atom. The highest BCUT2D eigenvalue weighted by molar-refractivity contribution is 5.49. The van der Waals surface area contributed by atoms with Crippen molar-refractivity contribution in [2.45, 2.75) is 45.4 Å². The minimum Gasteiger partial charge on any atom is -0.393 e. The molecule has 3 N–H and O–H groups in total. The van der Waals surface area contributed by atoms with Crippen molar-refractivity contribution in [1.29, 1.82) is 0 Å². The van der Waals surface area contributed by atoms with Gasteiger partial charge >= 0.3 is 6.18 Å². The lowest BCUT2D eigenvalue weighted by molar-refractivity contribution is -0.137. The minimum atomic E-state index is -4.41. The van der Waals surface area contributed by atoms with E-state index in [0.717, 1.165) is 18.6 Å². The van der Waals surface area contributed by atoms with E-state index in [4.69, 9.17) is 0 Å². The quantitative estimate of drug-likeness (QED) is 0.688. The van der Waals surface area contributed by atoms with Crippen molar-refractivity contribution < 1.29 is 18.3 Å². The van der Waals surface area contributed by atoms with Crippen LogP contribution in [0.3, 0.4) is 0 Å². The van der Waals surface area contributed by atoms with Gasteiger partial charge in [-0.3, -0.25) is 0 Å². The molecule has 1 heterocycles. The first-order valence-corrected chi connectivity index (χ1v) is 7.11. The average molecular weight is 305 g/mol. The molecule has 0 saturated heterocycles. The van der Waals surface area contributed by atoms with Gasteiger partial charge in [-0.05, 0) is 31.4 Å². The minimum absolute atomic E-state index is 0.159. The molecule has 7 heteroatoms. The fourth-order valence-electron chi connectivity index (χ4n) is 1.70. The van der Waals surface area contributed by atoms with Crippen molar-refractivity contribution in [1.82, 2.24) is 4.98 Å². The number of anilines is 2. The van der Waals surface area contributed by atoms with Crippen LogP contribution in [-0.4, -0.2) is 29.3 Å². The monoisotopic (exact) mass is 305 g/mol. The first-order chi connectivity index (χ1) is 9.86. The maximum atomic E-state index is 12.9. The number of nitrogens with zero attached hydrogens (tertiary/aromatic N) is 1. The van der Waals surface area contributed by atoms with Gasteiger partial charge in [-0.25, -0.2) is 4.98 Å². The molecule has 0 amide bonds. The van der Waals surface area contributed by atoms with Crippen LogP contribution < -0.4 is 10.6 Å². The summed E-state index contributed by atoms with van der Waals surface area (Å²) in [5, 5.41) is 15.1. The predicted octanol–water partition coefficient (Wildman–Crippen LogP) is 3.50. The Kier molecular flexibility index (Phi) is 6.74. The van der Waals surface area contributed by atoms with Gasteiger partial charge < -0.3 is 15.7 Å².